The summed E-state index contributed by atoms with van der Waals surface area (Å²) in [5.74, 6) is -2.06. The van der Waals surface area contributed by atoms with Gasteiger partial charge in [-0.3, -0.25) is 14.4 Å². The van der Waals surface area contributed by atoms with Gasteiger partial charge in [-0.05, 0) is 37.3 Å². The van der Waals surface area contributed by atoms with Gasteiger partial charge in [0.2, 0.25) is 17.7 Å². The molecule has 0 spiro atoms. The van der Waals surface area contributed by atoms with Crippen LogP contribution < -0.4 is 10.6 Å². The zero-order chi connectivity index (χ0) is 25.7. The zero-order valence-corrected chi connectivity index (χ0v) is 21.0. The number of amides is 3. The Hall–Kier alpha value is -3.27. The summed E-state index contributed by atoms with van der Waals surface area (Å²) in [6.07, 6.45) is 7.87. The van der Waals surface area contributed by atoms with Crippen molar-refractivity contribution < 1.29 is 19.5 Å². The highest BCUT2D eigenvalue weighted by molar-refractivity contribution is 5.96. The van der Waals surface area contributed by atoms with E-state index in [1.54, 1.807) is 16.6 Å². The van der Waals surface area contributed by atoms with Crippen molar-refractivity contribution in [2.24, 2.45) is 23.7 Å². The lowest BCUT2D eigenvalue weighted by molar-refractivity contribution is -0.140. The Balaban J connectivity index is 1.57. The number of carbonyl (C=O) groups is 3. The van der Waals surface area contributed by atoms with Crippen molar-refractivity contribution in [1.82, 2.24) is 30.5 Å². The summed E-state index contributed by atoms with van der Waals surface area (Å²) in [6, 6.07) is 6.81. The second-order valence-electron chi connectivity index (χ2n) is 9.59. The van der Waals surface area contributed by atoms with Crippen LogP contribution >= 0.6 is 0 Å². The first-order valence-corrected chi connectivity index (χ1v) is 12.9. The molecule has 1 fully saturated rings. The topological polar surface area (TPSA) is 129 Å². The Morgan fingerprint density at radius 2 is 1.86 bits per heavy atom. The fourth-order valence-corrected chi connectivity index (χ4v) is 5.69. The molecule has 1 aliphatic carbocycles. The number of carbonyl (C=O) groups excluding carboxylic acids is 3. The lowest BCUT2D eigenvalue weighted by Gasteiger charge is -2.33. The highest BCUT2D eigenvalue weighted by Crippen LogP contribution is 2.45. The predicted octanol–water partition coefficient (Wildman–Crippen LogP) is 1.46. The number of unbranched alkanes of at least 4 members (excludes halogenated alkanes) is 3. The Morgan fingerprint density at radius 1 is 1.08 bits per heavy atom. The largest absolute Gasteiger partial charge is 0.396 e. The zero-order valence-electron chi connectivity index (χ0n) is 21.0. The average molecular weight is 497 g/mol. The molecule has 1 saturated heterocycles. The molecule has 0 saturated carbocycles. The van der Waals surface area contributed by atoms with Crippen LogP contribution in [-0.2, 0) is 21.1 Å². The van der Waals surface area contributed by atoms with E-state index in [0.717, 1.165) is 36.7 Å². The fourth-order valence-electron chi connectivity index (χ4n) is 5.69. The minimum atomic E-state index is -0.698. The van der Waals surface area contributed by atoms with E-state index in [0.29, 0.717) is 13.0 Å². The molecule has 10 nitrogen and oxygen atoms in total. The standard InChI is InChI=1S/C26H36N6O4/c1-3-17-12-13-18-22(21(17)24(34)27-2)26(36)31(14-8-4-5-9-15-33)23(18)25(35)28-16-32-20-11-7-6-10-19(20)29-30-32/h6-7,10-13,17-18,21-23,33H,3-5,8-9,14-16H2,1-2H3,(H,27,34)(H,28,35)/t17-,18+,21-,22+,23+/m1/s1. The van der Waals surface area contributed by atoms with E-state index in [4.69, 9.17) is 5.11 Å². The molecule has 2 aliphatic rings. The van der Waals surface area contributed by atoms with Gasteiger partial charge >= 0.3 is 0 Å². The van der Waals surface area contributed by atoms with Gasteiger partial charge < -0.3 is 20.6 Å². The van der Waals surface area contributed by atoms with Crippen LogP contribution in [0.5, 0.6) is 0 Å². The SMILES string of the molecule is CC[C@@H]1C=C[C@H]2[C@H](C(=O)N(CCCCCCO)[C@@H]2C(=O)NCn2nnc3ccccc32)[C@@H]1C(=O)NC. The summed E-state index contributed by atoms with van der Waals surface area (Å²) < 4.78 is 1.62. The molecule has 0 radical (unpaired) electrons. The van der Waals surface area contributed by atoms with Crippen LogP contribution in [-0.4, -0.2) is 69.0 Å². The van der Waals surface area contributed by atoms with E-state index in [9.17, 15) is 14.4 Å². The van der Waals surface area contributed by atoms with Crippen LogP contribution in [0.15, 0.2) is 36.4 Å². The van der Waals surface area contributed by atoms with Crippen molar-refractivity contribution in [2.75, 3.05) is 20.2 Å². The van der Waals surface area contributed by atoms with Crippen LogP contribution in [0.2, 0.25) is 0 Å². The Morgan fingerprint density at radius 3 is 2.61 bits per heavy atom. The maximum absolute atomic E-state index is 13.7. The highest BCUT2D eigenvalue weighted by Gasteiger charge is 2.56. The summed E-state index contributed by atoms with van der Waals surface area (Å²) in [4.78, 5) is 41.9. The predicted molar refractivity (Wildman–Crippen MR) is 134 cm³/mol. The Kier molecular flexibility index (Phi) is 8.35. The number of nitrogens with zero attached hydrogens (tertiary/aromatic N) is 4. The van der Waals surface area contributed by atoms with Gasteiger partial charge in [0, 0.05) is 26.1 Å². The molecule has 3 amide bonds. The molecule has 0 unspecified atom stereocenters. The number of likely N-dealkylation sites (tertiary alicyclic amines) is 1. The van der Waals surface area contributed by atoms with Crippen LogP contribution in [0.4, 0.5) is 0 Å². The molecule has 1 aliphatic heterocycles. The van der Waals surface area contributed by atoms with Crippen LogP contribution in [0, 0.1) is 23.7 Å². The quantitative estimate of drug-likeness (QED) is 0.319. The lowest BCUT2D eigenvalue weighted by atomic mass is 9.69. The Labute approximate surface area is 211 Å². The number of aromatic nitrogens is 3. The van der Waals surface area contributed by atoms with Crippen molar-refractivity contribution in [2.45, 2.75) is 51.7 Å². The number of aliphatic hydroxyl groups is 1. The molecule has 4 rings (SSSR count). The molecule has 10 heteroatoms. The van der Waals surface area contributed by atoms with Gasteiger partial charge in [-0.25, -0.2) is 4.68 Å². The summed E-state index contributed by atoms with van der Waals surface area (Å²) in [5.41, 5.74) is 1.54. The van der Waals surface area contributed by atoms with Crippen LogP contribution in [0.25, 0.3) is 11.0 Å². The van der Waals surface area contributed by atoms with Gasteiger partial charge in [-0.1, -0.05) is 49.3 Å². The van der Waals surface area contributed by atoms with Crippen molar-refractivity contribution in [3.63, 3.8) is 0 Å². The number of allylic oxidation sites excluding steroid dienone is 1. The van der Waals surface area contributed by atoms with E-state index in [2.05, 4.69) is 20.9 Å². The van der Waals surface area contributed by atoms with Gasteiger partial charge in [0.15, 0.2) is 0 Å². The van der Waals surface area contributed by atoms with Crippen molar-refractivity contribution in [3.05, 3.63) is 36.4 Å². The minimum Gasteiger partial charge on any atom is -0.396 e. The van der Waals surface area contributed by atoms with E-state index in [-0.39, 0.29) is 42.8 Å². The first kappa shape index (κ1) is 25.8. The number of aliphatic hydroxyl groups excluding tert-OH is 1. The van der Waals surface area contributed by atoms with E-state index >= 15 is 0 Å². The van der Waals surface area contributed by atoms with Crippen molar-refractivity contribution >= 4 is 28.8 Å². The smallest absolute Gasteiger partial charge is 0.244 e. The lowest BCUT2D eigenvalue weighted by Crippen LogP contribution is -2.48. The number of hydrogen-bond acceptors (Lipinski definition) is 6. The molecular weight excluding hydrogens is 460 g/mol. The number of fused-ring (bicyclic) bond motifs is 2. The third-order valence-electron chi connectivity index (χ3n) is 7.53. The number of para-hydroxylation sites is 1. The summed E-state index contributed by atoms with van der Waals surface area (Å²) in [5, 5.41) is 23.0. The molecule has 1 aromatic carbocycles. The molecule has 1 aromatic heterocycles. The van der Waals surface area contributed by atoms with Gasteiger partial charge in [-0.2, -0.15) is 0 Å². The van der Waals surface area contributed by atoms with Crippen LogP contribution in [0.1, 0.15) is 39.0 Å². The van der Waals surface area contributed by atoms with Gasteiger partial charge in [0.25, 0.3) is 0 Å². The van der Waals surface area contributed by atoms with E-state index in [1.165, 1.54) is 0 Å². The maximum Gasteiger partial charge on any atom is 0.244 e. The van der Waals surface area contributed by atoms with Gasteiger partial charge in [-0.15, -0.1) is 5.10 Å². The average Bonchev–Trinajstić information content (AvgIpc) is 3.44. The van der Waals surface area contributed by atoms with Crippen molar-refractivity contribution in [1.29, 1.82) is 0 Å². The monoisotopic (exact) mass is 496 g/mol. The maximum atomic E-state index is 13.7. The van der Waals surface area contributed by atoms with Gasteiger partial charge in [0.05, 0.1) is 17.4 Å². The number of hydrogen-bond donors (Lipinski definition) is 3. The third kappa shape index (κ3) is 5.00. The first-order valence-electron chi connectivity index (χ1n) is 12.9. The second-order valence-corrected chi connectivity index (χ2v) is 9.59. The number of nitrogens with one attached hydrogen (secondary N) is 2. The molecule has 2 aromatic rings. The summed E-state index contributed by atoms with van der Waals surface area (Å²) in [7, 11) is 1.59. The van der Waals surface area contributed by atoms with Crippen LogP contribution in [0.3, 0.4) is 0 Å². The third-order valence-corrected chi connectivity index (χ3v) is 7.53. The molecular formula is C26H36N6O4. The minimum absolute atomic E-state index is 0.0510. The Bertz CT molecular complexity index is 1110. The number of rotatable bonds is 11. The van der Waals surface area contributed by atoms with E-state index < -0.39 is 17.9 Å². The molecule has 36 heavy (non-hydrogen) atoms. The molecule has 3 N–H and O–H groups in total. The first-order chi connectivity index (χ1) is 17.5. The highest BCUT2D eigenvalue weighted by atomic mass is 16.3. The van der Waals surface area contributed by atoms with Gasteiger partial charge in [0.1, 0.15) is 18.2 Å². The van der Waals surface area contributed by atoms with E-state index in [1.807, 2.05) is 43.3 Å². The molecule has 2 heterocycles. The summed E-state index contributed by atoms with van der Waals surface area (Å²) in [6.45, 7) is 2.72. The summed E-state index contributed by atoms with van der Waals surface area (Å²) >= 11 is 0. The number of benzene rings is 1. The fraction of sp³-hybridized carbons (Fsp3) is 0.577. The molecule has 194 valence electrons. The van der Waals surface area contributed by atoms with Crippen molar-refractivity contribution in [3.8, 4) is 0 Å². The second kappa shape index (κ2) is 11.6. The normalized spacial score (nSPS) is 25.2. The molecule has 5 atom stereocenters. The molecule has 0 bridgehead atoms.